The maximum absolute atomic E-state index is 14.8. The van der Waals surface area contributed by atoms with E-state index in [0.717, 1.165) is 18.4 Å². The van der Waals surface area contributed by atoms with E-state index >= 15 is 0 Å². The summed E-state index contributed by atoms with van der Waals surface area (Å²) < 4.78 is 21.6. The van der Waals surface area contributed by atoms with Gasteiger partial charge in [-0.2, -0.15) is 5.10 Å². The number of carbonyl (C=O) groups is 3. The number of carbonyl (C=O) groups excluding carboxylic acids is 3. The molecule has 1 aliphatic carbocycles. The molecule has 2 unspecified atom stereocenters. The third kappa shape index (κ3) is 6.46. The van der Waals surface area contributed by atoms with Gasteiger partial charge in [0, 0.05) is 43.2 Å². The summed E-state index contributed by atoms with van der Waals surface area (Å²) in [6, 6.07) is 5.86. The Balaban J connectivity index is 1.56. The molecule has 4 rings (SSSR count). The molecule has 0 spiro atoms. The quantitative estimate of drug-likeness (QED) is 0.375. The van der Waals surface area contributed by atoms with Gasteiger partial charge in [0.1, 0.15) is 5.82 Å². The second kappa shape index (κ2) is 11.3. The van der Waals surface area contributed by atoms with Crippen LogP contribution >= 0.6 is 11.8 Å². The molecule has 2 aliphatic rings. The summed E-state index contributed by atoms with van der Waals surface area (Å²) in [7, 11) is 0. The molecule has 7 nitrogen and oxygen atoms in total. The monoisotopic (exact) mass is 499 g/mol. The average Bonchev–Trinajstić information content (AvgIpc) is 3.60. The maximum atomic E-state index is 14.8. The molecular formula is C26H30FN3O4S. The smallest absolute Gasteiger partial charge is 0.311 e. The number of esters is 1. The maximum Gasteiger partial charge on any atom is 0.311 e. The zero-order valence-corrected chi connectivity index (χ0v) is 20.8. The summed E-state index contributed by atoms with van der Waals surface area (Å²) in [5.41, 5.74) is 1.42. The predicted octanol–water partition coefficient (Wildman–Crippen LogP) is 4.34. The number of piperidine rings is 1. The van der Waals surface area contributed by atoms with Crippen molar-refractivity contribution in [1.82, 2.24) is 14.7 Å². The largest absolute Gasteiger partial charge is 0.423 e. The molecule has 9 heteroatoms. The van der Waals surface area contributed by atoms with Crippen LogP contribution in [0.15, 0.2) is 48.3 Å². The summed E-state index contributed by atoms with van der Waals surface area (Å²) in [6.45, 7) is 4.75. The number of rotatable bonds is 9. The number of ketones is 1. The Labute approximate surface area is 208 Å². The summed E-state index contributed by atoms with van der Waals surface area (Å²) in [6.07, 6.45) is 7.81. The molecule has 1 aromatic heterocycles. The van der Waals surface area contributed by atoms with Crippen LogP contribution in [0.1, 0.15) is 51.1 Å². The van der Waals surface area contributed by atoms with Gasteiger partial charge in [-0.1, -0.05) is 43.0 Å². The van der Waals surface area contributed by atoms with Crippen molar-refractivity contribution >= 4 is 28.6 Å². The van der Waals surface area contributed by atoms with E-state index in [1.165, 1.54) is 24.0 Å². The van der Waals surface area contributed by atoms with Crippen LogP contribution in [0.25, 0.3) is 0 Å². The molecule has 2 fully saturated rings. The van der Waals surface area contributed by atoms with Gasteiger partial charge in [0.25, 0.3) is 0 Å². The fraction of sp³-hybridized carbons (Fsp3) is 0.462. The zero-order chi connectivity index (χ0) is 24.9. The summed E-state index contributed by atoms with van der Waals surface area (Å²) >= 11 is 1.28. The molecule has 2 aromatic rings. The van der Waals surface area contributed by atoms with E-state index in [1.54, 1.807) is 42.9 Å². The van der Waals surface area contributed by atoms with E-state index in [2.05, 4.69) is 5.10 Å². The van der Waals surface area contributed by atoms with E-state index in [0.29, 0.717) is 37.4 Å². The lowest BCUT2D eigenvalue weighted by molar-refractivity contribution is -0.134. The number of nitrogens with zero attached hydrogens (tertiary/aromatic N) is 3. The highest BCUT2D eigenvalue weighted by Gasteiger charge is 2.41. The Morgan fingerprint density at radius 3 is 2.71 bits per heavy atom. The Hall–Kier alpha value is -2.78. The van der Waals surface area contributed by atoms with Crippen molar-refractivity contribution in [2.45, 2.75) is 57.4 Å². The van der Waals surface area contributed by atoms with E-state index < -0.39 is 6.04 Å². The van der Waals surface area contributed by atoms with Crippen LogP contribution in [0.4, 0.5) is 4.39 Å². The van der Waals surface area contributed by atoms with Crippen LogP contribution in [-0.2, 0) is 20.9 Å². The van der Waals surface area contributed by atoms with Gasteiger partial charge in [0.2, 0.25) is 0 Å². The van der Waals surface area contributed by atoms with Crippen LogP contribution in [0.5, 0.6) is 5.75 Å². The number of Topliss-reactive ketones (excluding diaryl/α,β-unsaturated/α-hetero) is 1. The SMILES string of the molecule is CCC(=O)Oc1cnn(C/C=C2/CN(C(C(=O)C3CC3)c3ccccc3F)CCC2SC(C)=O)c1. The first-order chi connectivity index (χ1) is 16.9. The van der Waals surface area contributed by atoms with Gasteiger partial charge in [0.15, 0.2) is 16.6 Å². The molecule has 35 heavy (non-hydrogen) atoms. The summed E-state index contributed by atoms with van der Waals surface area (Å²) in [5.74, 6) is -0.262. The first kappa shape index (κ1) is 25.3. The number of ether oxygens (including phenoxy) is 1. The Morgan fingerprint density at radius 1 is 1.26 bits per heavy atom. The number of thioether (sulfide) groups is 1. The molecule has 1 aliphatic heterocycles. The molecule has 186 valence electrons. The molecule has 1 aromatic carbocycles. The van der Waals surface area contributed by atoms with E-state index in [1.807, 2.05) is 11.0 Å². The number of halogens is 1. The molecule has 2 atom stereocenters. The third-order valence-electron chi connectivity index (χ3n) is 6.27. The highest BCUT2D eigenvalue weighted by Crippen LogP contribution is 2.40. The first-order valence-corrected chi connectivity index (χ1v) is 12.8. The molecule has 0 N–H and O–H groups in total. The van der Waals surface area contributed by atoms with Gasteiger partial charge in [-0.25, -0.2) is 4.39 Å². The molecule has 1 saturated heterocycles. The van der Waals surface area contributed by atoms with Crippen LogP contribution < -0.4 is 4.74 Å². The van der Waals surface area contributed by atoms with Crippen molar-refractivity contribution < 1.29 is 23.5 Å². The fourth-order valence-corrected chi connectivity index (χ4v) is 5.31. The second-order valence-corrected chi connectivity index (χ2v) is 10.3. The van der Waals surface area contributed by atoms with Crippen LogP contribution in [0.2, 0.25) is 0 Å². The third-order valence-corrected chi connectivity index (χ3v) is 7.43. The Kier molecular flexibility index (Phi) is 8.18. The summed E-state index contributed by atoms with van der Waals surface area (Å²) in [5, 5.41) is 4.26. The van der Waals surface area contributed by atoms with E-state index in [9.17, 15) is 18.8 Å². The van der Waals surface area contributed by atoms with E-state index in [4.69, 9.17) is 4.74 Å². The Bertz CT molecular complexity index is 1130. The second-order valence-electron chi connectivity index (χ2n) is 8.96. The fourth-order valence-electron chi connectivity index (χ4n) is 4.36. The number of hydrogen-bond acceptors (Lipinski definition) is 7. The molecular weight excluding hydrogens is 469 g/mol. The lowest BCUT2D eigenvalue weighted by atomic mass is 9.93. The Morgan fingerprint density at radius 2 is 2.03 bits per heavy atom. The number of benzene rings is 1. The number of hydrogen-bond donors (Lipinski definition) is 0. The number of allylic oxidation sites excluding steroid dienone is 1. The topological polar surface area (TPSA) is 81.5 Å². The standard InChI is InChI=1S/C26H30FN3O4S/c1-3-24(32)34-20-14-28-30(16-20)13-10-19-15-29(12-11-23(19)35-17(2)31)25(26(33)18-8-9-18)21-6-4-5-7-22(21)27/h4-7,10,14,16,18,23,25H,3,8-9,11-13,15H2,1-2H3/b19-10-. The van der Waals surface area contributed by atoms with Crippen LogP contribution in [-0.4, -0.2) is 49.9 Å². The lowest BCUT2D eigenvalue weighted by Crippen LogP contribution is -2.43. The van der Waals surface area contributed by atoms with Crippen molar-refractivity contribution in [3.05, 3.63) is 59.7 Å². The van der Waals surface area contributed by atoms with Gasteiger partial charge in [0.05, 0.1) is 25.0 Å². The van der Waals surface area contributed by atoms with Crippen molar-refractivity contribution in [3.63, 3.8) is 0 Å². The minimum absolute atomic E-state index is 0.00956. The van der Waals surface area contributed by atoms with E-state index in [-0.39, 0.29) is 40.3 Å². The first-order valence-electron chi connectivity index (χ1n) is 12.0. The molecule has 0 radical (unpaired) electrons. The van der Waals surface area contributed by atoms with Crippen molar-refractivity contribution in [2.24, 2.45) is 5.92 Å². The minimum Gasteiger partial charge on any atom is -0.423 e. The van der Waals surface area contributed by atoms with Gasteiger partial charge in [-0.3, -0.25) is 24.0 Å². The number of aromatic nitrogens is 2. The highest BCUT2D eigenvalue weighted by molar-refractivity contribution is 8.14. The van der Waals surface area contributed by atoms with Gasteiger partial charge >= 0.3 is 5.97 Å². The molecule has 1 saturated carbocycles. The molecule has 2 heterocycles. The van der Waals surface area contributed by atoms with Gasteiger partial charge in [-0.05, 0) is 30.9 Å². The minimum atomic E-state index is -0.639. The lowest BCUT2D eigenvalue weighted by Gasteiger charge is -2.38. The van der Waals surface area contributed by atoms with Crippen LogP contribution in [0, 0.1) is 11.7 Å². The molecule has 0 amide bonds. The average molecular weight is 500 g/mol. The van der Waals surface area contributed by atoms with Crippen molar-refractivity contribution in [2.75, 3.05) is 13.1 Å². The van der Waals surface area contributed by atoms with Gasteiger partial charge in [-0.15, -0.1) is 0 Å². The summed E-state index contributed by atoms with van der Waals surface area (Å²) in [4.78, 5) is 38.7. The number of likely N-dealkylation sites (tertiary alicyclic amines) is 1. The highest BCUT2D eigenvalue weighted by atomic mass is 32.2. The van der Waals surface area contributed by atoms with Gasteiger partial charge < -0.3 is 4.74 Å². The zero-order valence-electron chi connectivity index (χ0n) is 20.0. The van der Waals surface area contributed by atoms with Crippen molar-refractivity contribution in [1.29, 1.82) is 0 Å². The van der Waals surface area contributed by atoms with Crippen molar-refractivity contribution in [3.8, 4) is 5.75 Å². The normalized spacial score (nSPS) is 20.5. The molecule has 0 bridgehead atoms. The van der Waals surface area contributed by atoms with Crippen LogP contribution in [0.3, 0.4) is 0 Å². The predicted molar refractivity (Wildman–Crippen MR) is 131 cm³/mol.